The second kappa shape index (κ2) is 8.75. The Morgan fingerprint density at radius 2 is 2.09 bits per heavy atom. The van der Waals surface area contributed by atoms with E-state index in [1.165, 1.54) is 6.26 Å². The molecule has 2 N–H and O–H groups in total. The molecular formula is C20H24F3N5O4. The summed E-state index contributed by atoms with van der Waals surface area (Å²) in [4.78, 5) is 26.3. The largest absolute Gasteiger partial charge is 0.467 e. The van der Waals surface area contributed by atoms with E-state index in [0.29, 0.717) is 31.7 Å². The van der Waals surface area contributed by atoms with Crippen LogP contribution in [0.1, 0.15) is 54.4 Å². The molecule has 0 spiro atoms. The number of ether oxygens (including phenoxy) is 1. The van der Waals surface area contributed by atoms with Gasteiger partial charge in [-0.25, -0.2) is 9.48 Å². The average Bonchev–Trinajstić information content (AvgIpc) is 3.43. The molecule has 2 aliphatic heterocycles. The molecule has 12 heteroatoms. The number of piperidine rings is 1. The van der Waals surface area contributed by atoms with Crippen LogP contribution in [0.3, 0.4) is 0 Å². The monoisotopic (exact) mass is 455 g/mol. The predicted molar refractivity (Wildman–Crippen MR) is 106 cm³/mol. The standard InChI is InChI=1S/C20H24F3N5O4/c1-2-31-19(30)27-7-5-12(6-8-27)25-18(29)13-11-24-28-16(20(21,22)23)10-14(26-17(13)28)15-4-3-9-32-15/h3-4,9,11-12,14,16,26H,2,5-8,10H2,1H3,(H,25,29)/t14-,16-/m1/s1. The molecule has 9 nitrogen and oxygen atoms in total. The van der Waals surface area contributed by atoms with Crippen molar-refractivity contribution in [2.45, 2.75) is 50.5 Å². The summed E-state index contributed by atoms with van der Waals surface area (Å²) in [5, 5.41) is 9.69. The SMILES string of the molecule is CCOC(=O)N1CCC(NC(=O)c2cnn3c2N[C@@H](c2ccco2)C[C@@H]3C(F)(F)F)CC1. The third-order valence-electron chi connectivity index (χ3n) is 5.73. The highest BCUT2D eigenvalue weighted by Gasteiger charge is 2.47. The molecule has 2 aromatic rings. The highest BCUT2D eigenvalue weighted by atomic mass is 19.4. The Bertz CT molecular complexity index is 951. The van der Waals surface area contributed by atoms with Crippen molar-refractivity contribution < 1.29 is 31.9 Å². The zero-order valence-electron chi connectivity index (χ0n) is 17.4. The molecule has 4 rings (SSSR count). The highest BCUT2D eigenvalue weighted by molar-refractivity contribution is 5.99. The van der Waals surface area contributed by atoms with Crippen molar-refractivity contribution in [1.82, 2.24) is 20.0 Å². The fraction of sp³-hybridized carbons (Fsp3) is 0.550. The van der Waals surface area contributed by atoms with Crippen molar-refractivity contribution >= 4 is 17.8 Å². The number of likely N-dealkylation sites (tertiary alicyclic amines) is 1. The molecule has 4 heterocycles. The first-order valence-electron chi connectivity index (χ1n) is 10.4. The molecular weight excluding hydrogens is 431 g/mol. The minimum Gasteiger partial charge on any atom is -0.467 e. The topological polar surface area (TPSA) is 102 Å². The van der Waals surface area contributed by atoms with Crippen molar-refractivity contribution in [3.05, 3.63) is 35.9 Å². The number of carbonyl (C=O) groups is 2. The van der Waals surface area contributed by atoms with Gasteiger partial charge in [-0.3, -0.25) is 4.79 Å². The summed E-state index contributed by atoms with van der Waals surface area (Å²) in [5.41, 5.74) is 0.0309. The Balaban J connectivity index is 1.48. The van der Waals surface area contributed by atoms with E-state index in [1.54, 1.807) is 24.0 Å². The van der Waals surface area contributed by atoms with Crippen LogP contribution >= 0.6 is 0 Å². The lowest BCUT2D eigenvalue weighted by Crippen LogP contribution is -2.46. The zero-order chi connectivity index (χ0) is 22.9. The molecule has 32 heavy (non-hydrogen) atoms. The van der Waals surface area contributed by atoms with Crippen molar-refractivity contribution in [3.63, 3.8) is 0 Å². The van der Waals surface area contributed by atoms with Gasteiger partial charge in [-0.1, -0.05) is 0 Å². The van der Waals surface area contributed by atoms with E-state index in [4.69, 9.17) is 9.15 Å². The molecule has 0 radical (unpaired) electrons. The lowest BCUT2D eigenvalue weighted by atomic mass is 10.0. The molecule has 0 aliphatic carbocycles. The van der Waals surface area contributed by atoms with Crippen LogP contribution in [0.5, 0.6) is 0 Å². The van der Waals surface area contributed by atoms with Gasteiger partial charge in [0.25, 0.3) is 5.91 Å². The molecule has 1 saturated heterocycles. The number of nitrogens with zero attached hydrogens (tertiary/aromatic N) is 3. The lowest BCUT2D eigenvalue weighted by molar-refractivity contribution is -0.174. The summed E-state index contributed by atoms with van der Waals surface area (Å²) in [7, 11) is 0. The number of anilines is 1. The number of alkyl halides is 3. The number of rotatable bonds is 4. The average molecular weight is 455 g/mol. The van der Waals surface area contributed by atoms with Gasteiger partial charge in [0.05, 0.1) is 25.1 Å². The molecule has 1 fully saturated rings. The highest BCUT2D eigenvalue weighted by Crippen LogP contribution is 2.44. The molecule has 0 bridgehead atoms. The van der Waals surface area contributed by atoms with E-state index >= 15 is 0 Å². The fourth-order valence-corrected chi connectivity index (χ4v) is 4.09. The molecule has 2 amide bonds. The number of hydrogen-bond donors (Lipinski definition) is 2. The smallest absolute Gasteiger partial charge is 0.410 e. The summed E-state index contributed by atoms with van der Waals surface area (Å²) in [6, 6.07) is 0.339. The van der Waals surface area contributed by atoms with Crippen molar-refractivity contribution in [1.29, 1.82) is 0 Å². The van der Waals surface area contributed by atoms with Crippen molar-refractivity contribution in [3.8, 4) is 0 Å². The Labute approximate surface area is 181 Å². The first-order valence-corrected chi connectivity index (χ1v) is 10.4. The Kier molecular flexibility index (Phi) is 6.02. The van der Waals surface area contributed by atoms with E-state index in [1.807, 2.05) is 0 Å². The minimum atomic E-state index is -4.54. The Morgan fingerprint density at radius 1 is 1.34 bits per heavy atom. The van der Waals surface area contributed by atoms with E-state index in [-0.39, 0.29) is 30.5 Å². The van der Waals surface area contributed by atoms with Crippen LogP contribution in [-0.2, 0) is 4.74 Å². The number of carbonyl (C=O) groups excluding carboxylic acids is 2. The molecule has 174 valence electrons. The predicted octanol–water partition coefficient (Wildman–Crippen LogP) is 3.49. The maximum atomic E-state index is 13.7. The number of amides is 2. The van der Waals surface area contributed by atoms with E-state index in [2.05, 4.69) is 15.7 Å². The number of nitrogens with one attached hydrogen (secondary N) is 2. The first-order chi connectivity index (χ1) is 15.3. The van der Waals surface area contributed by atoms with Gasteiger partial charge in [-0.05, 0) is 31.9 Å². The van der Waals surface area contributed by atoms with E-state index in [0.717, 1.165) is 10.9 Å². The number of furan rings is 1. The molecule has 0 aromatic carbocycles. The van der Waals surface area contributed by atoms with Gasteiger partial charge in [0.2, 0.25) is 0 Å². The van der Waals surface area contributed by atoms with Gasteiger partial charge in [-0.15, -0.1) is 0 Å². The van der Waals surface area contributed by atoms with Gasteiger partial charge < -0.3 is 24.7 Å². The minimum absolute atomic E-state index is 0.00133. The quantitative estimate of drug-likeness (QED) is 0.732. The molecule has 0 saturated carbocycles. The summed E-state index contributed by atoms with van der Waals surface area (Å²) in [5.74, 6) is -0.166. The molecule has 0 unspecified atom stereocenters. The summed E-state index contributed by atoms with van der Waals surface area (Å²) in [6.45, 7) is 2.86. The van der Waals surface area contributed by atoms with E-state index in [9.17, 15) is 22.8 Å². The summed E-state index contributed by atoms with van der Waals surface area (Å²) < 4.78 is 52.2. The van der Waals surface area contributed by atoms with Gasteiger partial charge in [-0.2, -0.15) is 18.3 Å². The molecule has 2 aromatic heterocycles. The Morgan fingerprint density at radius 3 is 2.72 bits per heavy atom. The van der Waals surface area contributed by atoms with Gasteiger partial charge in [0, 0.05) is 25.6 Å². The van der Waals surface area contributed by atoms with Crippen molar-refractivity contribution in [2.75, 3.05) is 25.0 Å². The summed E-state index contributed by atoms with van der Waals surface area (Å²) >= 11 is 0. The maximum Gasteiger partial charge on any atom is 0.410 e. The van der Waals surface area contributed by atoms with E-state index < -0.39 is 30.3 Å². The second-order valence-corrected chi connectivity index (χ2v) is 7.79. The molecule has 2 atom stereocenters. The second-order valence-electron chi connectivity index (χ2n) is 7.79. The zero-order valence-corrected chi connectivity index (χ0v) is 17.4. The first kappa shape index (κ1) is 22.0. The van der Waals surface area contributed by atoms with Crippen LogP contribution in [0.25, 0.3) is 0 Å². The summed E-state index contributed by atoms with van der Waals surface area (Å²) in [6.07, 6.45) is -1.67. The van der Waals surface area contributed by atoms with Crippen LogP contribution in [-0.4, -0.2) is 58.6 Å². The van der Waals surface area contributed by atoms with Crippen LogP contribution in [0.4, 0.5) is 23.8 Å². The third-order valence-corrected chi connectivity index (χ3v) is 5.73. The number of fused-ring (bicyclic) bond motifs is 1. The fourth-order valence-electron chi connectivity index (χ4n) is 4.09. The number of aromatic nitrogens is 2. The van der Waals surface area contributed by atoms with Crippen LogP contribution in [0.15, 0.2) is 29.0 Å². The normalized spacial score (nSPS) is 21.6. The third kappa shape index (κ3) is 4.39. The lowest BCUT2D eigenvalue weighted by Gasteiger charge is -2.33. The maximum absolute atomic E-state index is 13.7. The van der Waals surface area contributed by atoms with Gasteiger partial charge >= 0.3 is 12.3 Å². The Hall–Kier alpha value is -3.18. The number of hydrogen-bond acceptors (Lipinski definition) is 6. The van der Waals surface area contributed by atoms with Gasteiger partial charge in [0.1, 0.15) is 17.1 Å². The molecule has 2 aliphatic rings. The van der Waals surface area contributed by atoms with Crippen molar-refractivity contribution in [2.24, 2.45) is 0 Å². The van der Waals surface area contributed by atoms with Crippen LogP contribution in [0, 0.1) is 0 Å². The van der Waals surface area contributed by atoms with Crippen LogP contribution in [0.2, 0.25) is 0 Å². The van der Waals surface area contributed by atoms with Gasteiger partial charge in [0.15, 0.2) is 6.04 Å². The number of halogens is 3. The van der Waals surface area contributed by atoms with Crippen LogP contribution < -0.4 is 10.6 Å².